The van der Waals surface area contributed by atoms with Crippen molar-refractivity contribution in [2.24, 2.45) is 11.8 Å². The quantitative estimate of drug-likeness (QED) is 0.631. The lowest BCUT2D eigenvalue weighted by molar-refractivity contribution is -0.148. The van der Waals surface area contributed by atoms with E-state index in [0.717, 1.165) is 0 Å². The molecule has 1 N–H and O–H groups in total. The Morgan fingerprint density at radius 2 is 2.08 bits per heavy atom. The van der Waals surface area contributed by atoms with Crippen molar-refractivity contribution in [3.63, 3.8) is 0 Å². The van der Waals surface area contributed by atoms with Gasteiger partial charge in [-0.2, -0.15) is 0 Å². The second kappa shape index (κ2) is 3.44. The molecule has 3 nitrogen and oxygen atoms in total. The minimum Gasteiger partial charge on any atom is -0.459 e. The molecule has 3 heteroatoms. The summed E-state index contributed by atoms with van der Waals surface area (Å²) < 4.78 is 5.01. The van der Waals surface area contributed by atoms with Gasteiger partial charge < -0.3 is 9.84 Å². The molecule has 0 amide bonds. The maximum absolute atomic E-state index is 11.2. The normalized spacial score (nSPS) is 32.2. The van der Waals surface area contributed by atoms with Crippen LogP contribution in [0.25, 0.3) is 0 Å². The van der Waals surface area contributed by atoms with Gasteiger partial charge in [0.05, 0.1) is 12.0 Å². The van der Waals surface area contributed by atoms with E-state index in [0.29, 0.717) is 12.3 Å². The first-order valence-corrected chi connectivity index (χ1v) is 4.41. The van der Waals surface area contributed by atoms with Crippen LogP contribution >= 0.6 is 0 Å². The topological polar surface area (TPSA) is 46.5 Å². The third-order valence-electron chi connectivity index (χ3n) is 2.40. The van der Waals surface area contributed by atoms with Crippen LogP contribution in [0, 0.1) is 11.8 Å². The third-order valence-corrected chi connectivity index (χ3v) is 2.40. The van der Waals surface area contributed by atoms with Crippen LogP contribution in [0.3, 0.4) is 0 Å². The molecule has 0 aromatic rings. The monoisotopic (exact) mass is 172 g/mol. The van der Waals surface area contributed by atoms with E-state index >= 15 is 0 Å². The van der Waals surface area contributed by atoms with Crippen LogP contribution < -0.4 is 0 Å². The van der Waals surface area contributed by atoms with Crippen LogP contribution in [-0.4, -0.2) is 23.3 Å². The second-order valence-corrected chi connectivity index (χ2v) is 3.80. The summed E-state index contributed by atoms with van der Waals surface area (Å²) >= 11 is 0. The van der Waals surface area contributed by atoms with Gasteiger partial charge in [-0.1, -0.05) is 13.8 Å². The largest absolute Gasteiger partial charge is 0.459 e. The Morgan fingerprint density at radius 1 is 1.50 bits per heavy atom. The lowest BCUT2D eigenvalue weighted by Gasteiger charge is -2.11. The van der Waals surface area contributed by atoms with Gasteiger partial charge in [-0.3, -0.25) is 4.79 Å². The Hall–Kier alpha value is -0.570. The molecule has 0 spiro atoms. The van der Waals surface area contributed by atoms with Crippen molar-refractivity contribution in [3.05, 3.63) is 0 Å². The van der Waals surface area contributed by atoms with E-state index in [4.69, 9.17) is 4.74 Å². The predicted molar refractivity (Wildman–Crippen MR) is 44.5 cm³/mol. The van der Waals surface area contributed by atoms with E-state index < -0.39 is 6.10 Å². The summed E-state index contributed by atoms with van der Waals surface area (Å²) in [6, 6.07) is 0. The summed E-state index contributed by atoms with van der Waals surface area (Å²) in [6.45, 7) is 5.65. The van der Waals surface area contributed by atoms with Gasteiger partial charge in [0.2, 0.25) is 0 Å². The van der Waals surface area contributed by atoms with Crippen molar-refractivity contribution in [1.29, 1.82) is 0 Å². The van der Waals surface area contributed by atoms with E-state index in [-0.39, 0.29) is 18.0 Å². The average Bonchev–Trinajstić information content (AvgIpc) is 2.30. The fourth-order valence-electron chi connectivity index (χ4n) is 1.47. The fourth-order valence-corrected chi connectivity index (χ4v) is 1.47. The molecule has 1 saturated heterocycles. The summed E-state index contributed by atoms with van der Waals surface area (Å²) in [5.74, 6) is 0.127. The van der Waals surface area contributed by atoms with Crippen LogP contribution in [0.4, 0.5) is 0 Å². The molecule has 1 aliphatic heterocycles. The molecule has 3 unspecified atom stereocenters. The number of carbonyl (C=O) groups is 1. The first-order valence-electron chi connectivity index (χ1n) is 4.41. The minimum absolute atomic E-state index is 0.0235. The second-order valence-electron chi connectivity index (χ2n) is 3.80. The number of rotatable bonds is 2. The molecule has 0 aromatic heterocycles. The van der Waals surface area contributed by atoms with E-state index in [1.807, 2.05) is 13.8 Å². The number of aliphatic hydroxyl groups is 1. The lowest BCUT2D eigenvalue weighted by atomic mass is 9.92. The lowest BCUT2D eigenvalue weighted by Crippen LogP contribution is -2.21. The molecule has 70 valence electrons. The number of aliphatic hydroxyl groups excluding tert-OH is 1. The molecule has 1 heterocycles. The van der Waals surface area contributed by atoms with Crippen LogP contribution in [0.5, 0.6) is 0 Å². The van der Waals surface area contributed by atoms with Crippen LogP contribution in [0.2, 0.25) is 0 Å². The molecule has 0 aliphatic carbocycles. The zero-order valence-corrected chi connectivity index (χ0v) is 7.78. The number of ether oxygens (including phenoxy) is 1. The Bertz CT molecular complexity index is 175. The highest BCUT2D eigenvalue weighted by Gasteiger charge is 2.38. The maximum atomic E-state index is 11.2. The molecule has 0 bridgehead atoms. The number of hydrogen-bond acceptors (Lipinski definition) is 3. The highest BCUT2D eigenvalue weighted by atomic mass is 16.6. The number of carbonyl (C=O) groups excluding carboxylic acids is 1. The first-order chi connectivity index (χ1) is 5.52. The molecule has 1 aliphatic rings. The Morgan fingerprint density at radius 3 is 2.33 bits per heavy atom. The Balaban J connectivity index is 2.56. The van der Waals surface area contributed by atoms with Crippen molar-refractivity contribution >= 4 is 5.97 Å². The standard InChI is InChI=1S/C9H16O3/c1-5(2)7-4-8(6(3)10)12-9(7)11/h5-8,10H,4H2,1-3H3. The van der Waals surface area contributed by atoms with Gasteiger partial charge >= 0.3 is 5.97 Å². The van der Waals surface area contributed by atoms with Crippen molar-refractivity contribution in [2.75, 3.05) is 0 Å². The predicted octanol–water partition coefficient (Wildman–Crippen LogP) is 0.955. The molecule has 1 fully saturated rings. The van der Waals surface area contributed by atoms with Crippen molar-refractivity contribution in [1.82, 2.24) is 0 Å². The summed E-state index contributed by atoms with van der Waals surface area (Å²) in [6.07, 6.45) is -0.170. The molecule has 0 saturated carbocycles. The molecule has 0 aromatic carbocycles. The van der Waals surface area contributed by atoms with E-state index in [9.17, 15) is 9.90 Å². The third kappa shape index (κ3) is 1.78. The zero-order chi connectivity index (χ0) is 9.30. The first kappa shape index (κ1) is 9.52. The van der Waals surface area contributed by atoms with Gasteiger partial charge in [0, 0.05) is 6.42 Å². The van der Waals surface area contributed by atoms with Gasteiger partial charge in [-0.25, -0.2) is 0 Å². The molecule has 3 atom stereocenters. The van der Waals surface area contributed by atoms with Gasteiger partial charge in [0.1, 0.15) is 6.10 Å². The van der Waals surface area contributed by atoms with E-state index in [1.54, 1.807) is 6.92 Å². The Labute approximate surface area is 72.7 Å². The van der Waals surface area contributed by atoms with E-state index in [1.165, 1.54) is 0 Å². The van der Waals surface area contributed by atoms with Gasteiger partial charge in [-0.15, -0.1) is 0 Å². The number of esters is 1. The maximum Gasteiger partial charge on any atom is 0.309 e. The van der Waals surface area contributed by atoms with Crippen molar-refractivity contribution < 1.29 is 14.6 Å². The van der Waals surface area contributed by atoms with Crippen molar-refractivity contribution in [3.8, 4) is 0 Å². The van der Waals surface area contributed by atoms with Crippen LogP contribution in [0.1, 0.15) is 27.2 Å². The van der Waals surface area contributed by atoms with Gasteiger partial charge in [0.15, 0.2) is 0 Å². The summed E-state index contributed by atoms with van der Waals surface area (Å²) in [5.41, 5.74) is 0. The molecule has 0 radical (unpaired) electrons. The minimum atomic E-state index is -0.544. The smallest absolute Gasteiger partial charge is 0.309 e. The SMILES string of the molecule is CC(C)C1CC(C(C)O)OC1=O. The fraction of sp³-hybridized carbons (Fsp3) is 0.889. The molecular formula is C9H16O3. The van der Waals surface area contributed by atoms with Gasteiger partial charge in [0.25, 0.3) is 0 Å². The summed E-state index contributed by atoms with van der Waals surface area (Å²) in [4.78, 5) is 11.2. The average molecular weight is 172 g/mol. The molecular weight excluding hydrogens is 156 g/mol. The summed E-state index contributed by atoms with van der Waals surface area (Å²) in [7, 11) is 0. The molecule has 12 heavy (non-hydrogen) atoms. The highest BCUT2D eigenvalue weighted by Crippen LogP contribution is 2.28. The number of cyclic esters (lactones) is 1. The van der Waals surface area contributed by atoms with Crippen LogP contribution in [0.15, 0.2) is 0 Å². The van der Waals surface area contributed by atoms with Gasteiger partial charge in [-0.05, 0) is 12.8 Å². The number of hydrogen-bond donors (Lipinski definition) is 1. The van der Waals surface area contributed by atoms with Crippen LogP contribution in [-0.2, 0) is 9.53 Å². The summed E-state index contributed by atoms with van der Waals surface area (Å²) in [5, 5.41) is 9.19. The zero-order valence-electron chi connectivity index (χ0n) is 7.78. The highest BCUT2D eigenvalue weighted by molar-refractivity contribution is 5.74. The Kier molecular flexibility index (Phi) is 2.73. The van der Waals surface area contributed by atoms with Crippen molar-refractivity contribution in [2.45, 2.75) is 39.4 Å². The molecule has 1 rings (SSSR count). The van der Waals surface area contributed by atoms with E-state index in [2.05, 4.69) is 0 Å².